The van der Waals surface area contributed by atoms with Gasteiger partial charge in [-0.3, -0.25) is 4.79 Å². The van der Waals surface area contributed by atoms with Crippen LogP contribution in [-0.2, 0) is 6.54 Å². The lowest BCUT2D eigenvalue weighted by atomic mass is 9.96. The molecule has 0 atom stereocenters. The minimum Gasteiger partial charge on any atom is -0.359 e. The number of carbonyl (C=O) groups excluding carboxylic acids is 1. The molecule has 2 aromatic rings. The Hall–Kier alpha value is -1.40. The number of rotatable bonds is 5. The molecule has 118 valence electrons. The van der Waals surface area contributed by atoms with E-state index in [9.17, 15) is 4.79 Å². The molecule has 4 nitrogen and oxygen atoms in total. The number of anilines is 1. The maximum absolute atomic E-state index is 12.3. The van der Waals surface area contributed by atoms with Crippen LogP contribution < -0.4 is 10.6 Å². The van der Waals surface area contributed by atoms with Crippen LogP contribution in [0.3, 0.4) is 0 Å². The van der Waals surface area contributed by atoms with Gasteiger partial charge in [0.15, 0.2) is 5.13 Å². The Morgan fingerprint density at radius 3 is 2.91 bits per heavy atom. The average molecular weight is 335 g/mol. The van der Waals surface area contributed by atoms with Gasteiger partial charge in [-0.2, -0.15) is 0 Å². The highest BCUT2D eigenvalue weighted by Gasteiger charge is 2.18. The third-order valence-electron chi connectivity index (χ3n) is 3.94. The molecule has 0 saturated heterocycles. The van der Waals surface area contributed by atoms with Gasteiger partial charge in [-0.05, 0) is 31.2 Å². The summed E-state index contributed by atoms with van der Waals surface area (Å²) in [5.41, 5.74) is 0.812. The summed E-state index contributed by atoms with van der Waals surface area (Å²) in [6.07, 6.45) is 6.33. The zero-order chi connectivity index (χ0) is 15.4. The number of hydrogen-bond acceptors (Lipinski definition) is 5. The van der Waals surface area contributed by atoms with Crippen molar-refractivity contribution < 1.29 is 4.79 Å². The number of nitrogens with one attached hydrogen (secondary N) is 2. The third-order valence-corrected chi connectivity index (χ3v) is 5.90. The largest absolute Gasteiger partial charge is 0.359 e. The molecular formula is C16H21N3OS2. The molecule has 0 aromatic carbocycles. The van der Waals surface area contributed by atoms with Crippen molar-refractivity contribution in [1.29, 1.82) is 0 Å². The second kappa shape index (κ2) is 7.24. The van der Waals surface area contributed by atoms with Crippen LogP contribution in [0.5, 0.6) is 0 Å². The summed E-state index contributed by atoms with van der Waals surface area (Å²) in [5, 5.41) is 9.37. The maximum atomic E-state index is 12.3. The average Bonchev–Trinajstić information content (AvgIpc) is 3.16. The van der Waals surface area contributed by atoms with Gasteiger partial charge in [0.2, 0.25) is 0 Å². The molecule has 1 saturated carbocycles. The molecule has 0 aliphatic heterocycles. The predicted octanol–water partition coefficient (Wildman–Crippen LogP) is 4.19. The van der Waals surface area contributed by atoms with E-state index in [1.807, 2.05) is 24.4 Å². The van der Waals surface area contributed by atoms with E-state index in [4.69, 9.17) is 0 Å². The smallest absolute Gasteiger partial charge is 0.263 e. The molecule has 2 heterocycles. The number of thiazole rings is 1. The van der Waals surface area contributed by atoms with Crippen LogP contribution in [-0.4, -0.2) is 16.9 Å². The summed E-state index contributed by atoms with van der Waals surface area (Å²) in [6.45, 7) is 2.49. The number of nitrogens with zero attached hydrogens (tertiary/aromatic N) is 1. The topological polar surface area (TPSA) is 54.0 Å². The summed E-state index contributed by atoms with van der Waals surface area (Å²) < 4.78 is 0. The Morgan fingerprint density at radius 2 is 2.18 bits per heavy atom. The lowest BCUT2D eigenvalue weighted by Gasteiger charge is -2.22. The first-order valence-electron chi connectivity index (χ1n) is 7.77. The molecular weight excluding hydrogens is 314 g/mol. The van der Waals surface area contributed by atoms with Crippen molar-refractivity contribution in [3.63, 3.8) is 0 Å². The predicted molar refractivity (Wildman–Crippen MR) is 92.8 cm³/mol. The molecule has 2 aromatic heterocycles. The van der Waals surface area contributed by atoms with E-state index in [0.29, 0.717) is 12.6 Å². The lowest BCUT2D eigenvalue weighted by molar-refractivity contribution is 0.0954. The van der Waals surface area contributed by atoms with Gasteiger partial charge in [-0.25, -0.2) is 4.98 Å². The number of aromatic nitrogens is 1. The van der Waals surface area contributed by atoms with E-state index in [-0.39, 0.29) is 5.91 Å². The van der Waals surface area contributed by atoms with Gasteiger partial charge in [-0.1, -0.05) is 36.7 Å². The first-order chi connectivity index (χ1) is 10.7. The standard InChI is InChI=1S/C16H21N3OS2/c1-11-14(15(20)17-10-13-8-5-9-21-13)22-16(18-11)19-12-6-3-2-4-7-12/h5,8-9,12H,2-4,6-7,10H2,1H3,(H,17,20)(H,18,19). The minimum atomic E-state index is -0.0277. The van der Waals surface area contributed by atoms with Crippen LogP contribution in [0.4, 0.5) is 5.13 Å². The molecule has 0 unspecified atom stereocenters. The highest BCUT2D eigenvalue weighted by Crippen LogP contribution is 2.27. The first kappa shape index (κ1) is 15.5. The van der Waals surface area contributed by atoms with Crippen molar-refractivity contribution in [2.24, 2.45) is 0 Å². The Balaban J connectivity index is 1.59. The van der Waals surface area contributed by atoms with Gasteiger partial charge in [-0.15, -0.1) is 11.3 Å². The van der Waals surface area contributed by atoms with Crippen molar-refractivity contribution in [2.45, 2.75) is 51.6 Å². The van der Waals surface area contributed by atoms with Crippen LogP contribution in [0.25, 0.3) is 0 Å². The highest BCUT2D eigenvalue weighted by atomic mass is 32.1. The summed E-state index contributed by atoms with van der Waals surface area (Å²) in [5.74, 6) is -0.0277. The fourth-order valence-corrected chi connectivity index (χ4v) is 4.36. The Labute approximate surface area is 139 Å². The molecule has 22 heavy (non-hydrogen) atoms. The van der Waals surface area contributed by atoms with Gasteiger partial charge >= 0.3 is 0 Å². The molecule has 0 spiro atoms. The third kappa shape index (κ3) is 3.87. The Kier molecular flexibility index (Phi) is 5.10. The van der Waals surface area contributed by atoms with Gasteiger partial charge in [0, 0.05) is 10.9 Å². The van der Waals surface area contributed by atoms with Crippen LogP contribution in [0, 0.1) is 6.92 Å². The molecule has 0 radical (unpaired) electrons. The number of thiophene rings is 1. The highest BCUT2D eigenvalue weighted by molar-refractivity contribution is 7.17. The number of hydrogen-bond donors (Lipinski definition) is 2. The normalized spacial score (nSPS) is 15.7. The molecule has 1 amide bonds. The van der Waals surface area contributed by atoms with Crippen LogP contribution in [0.2, 0.25) is 0 Å². The van der Waals surface area contributed by atoms with E-state index < -0.39 is 0 Å². The fraction of sp³-hybridized carbons (Fsp3) is 0.500. The van der Waals surface area contributed by atoms with E-state index >= 15 is 0 Å². The molecule has 6 heteroatoms. The minimum absolute atomic E-state index is 0.0277. The number of carbonyl (C=O) groups is 1. The van der Waals surface area contributed by atoms with Crippen LogP contribution >= 0.6 is 22.7 Å². The van der Waals surface area contributed by atoms with Gasteiger partial charge in [0.1, 0.15) is 4.88 Å². The second-order valence-corrected chi connectivity index (χ2v) is 7.71. The first-order valence-corrected chi connectivity index (χ1v) is 9.46. The van der Waals surface area contributed by atoms with E-state index in [2.05, 4.69) is 15.6 Å². The van der Waals surface area contributed by atoms with Gasteiger partial charge in [0.05, 0.1) is 12.2 Å². The molecule has 0 bridgehead atoms. The summed E-state index contributed by atoms with van der Waals surface area (Å²) in [6, 6.07) is 4.54. The molecule has 1 aliphatic carbocycles. The van der Waals surface area contributed by atoms with Gasteiger partial charge in [0.25, 0.3) is 5.91 Å². The number of amides is 1. The van der Waals surface area contributed by atoms with E-state index in [1.54, 1.807) is 11.3 Å². The summed E-state index contributed by atoms with van der Waals surface area (Å²) >= 11 is 3.12. The molecule has 1 aliphatic rings. The molecule has 2 N–H and O–H groups in total. The monoisotopic (exact) mass is 335 g/mol. The SMILES string of the molecule is Cc1nc(NC2CCCCC2)sc1C(=O)NCc1cccs1. The van der Waals surface area contributed by atoms with Crippen molar-refractivity contribution in [1.82, 2.24) is 10.3 Å². The zero-order valence-corrected chi connectivity index (χ0v) is 14.4. The fourth-order valence-electron chi connectivity index (χ4n) is 2.75. The van der Waals surface area contributed by atoms with Crippen molar-refractivity contribution in [3.8, 4) is 0 Å². The summed E-state index contributed by atoms with van der Waals surface area (Å²) in [4.78, 5) is 18.7. The molecule has 1 fully saturated rings. The maximum Gasteiger partial charge on any atom is 0.263 e. The second-order valence-electron chi connectivity index (χ2n) is 5.67. The van der Waals surface area contributed by atoms with Crippen molar-refractivity contribution >= 4 is 33.7 Å². The van der Waals surface area contributed by atoms with E-state index in [1.165, 1.54) is 43.4 Å². The zero-order valence-electron chi connectivity index (χ0n) is 12.7. The van der Waals surface area contributed by atoms with Crippen LogP contribution in [0.15, 0.2) is 17.5 Å². The van der Waals surface area contributed by atoms with Gasteiger partial charge < -0.3 is 10.6 Å². The molecule has 3 rings (SSSR count). The van der Waals surface area contributed by atoms with Crippen LogP contribution in [0.1, 0.15) is 52.3 Å². The summed E-state index contributed by atoms with van der Waals surface area (Å²) in [7, 11) is 0. The van der Waals surface area contributed by atoms with Crippen molar-refractivity contribution in [2.75, 3.05) is 5.32 Å². The Bertz CT molecular complexity index is 615. The van der Waals surface area contributed by atoms with Crippen molar-refractivity contribution in [3.05, 3.63) is 33.0 Å². The quantitative estimate of drug-likeness (QED) is 0.861. The Morgan fingerprint density at radius 1 is 1.36 bits per heavy atom. The number of aryl methyl sites for hydroxylation is 1. The lowest BCUT2D eigenvalue weighted by Crippen LogP contribution is -2.22. The van der Waals surface area contributed by atoms with E-state index in [0.717, 1.165) is 20.6 Å².